The first-order chi connectivity index (χ1) is 20.1. The van der Waals surface area contributed by atoms with E-state index in [1.165, 1.54) is 0 Å². The van der Waals surface area contributed by atoms with Crippen LogP contribution in [0.4, 0.5) is 5.82 Å². The molecule has 0 spiro atoms. The zero-order chi connectivity index (χ0) is 29.9. The van der Waals surface area contributed by atoms with Gasteiger partial charge in [-0.3, -0.25) is 9.59 Å². The van der Waals surface area contributed by atoms with Crippen molar-refractivity contribution >= 4 is 17.6 Å². The maximum Gasteiger partial charge on any atom is 0.225 e. The number of pyridine rings is 1. The smallest absolute Gasteiger partial charge is 0.225 e. The van der Waals surface area contributed by atoms with Crippen molar-refractivity contribution in [1.82, 2.24) is 9.88 Å². The molecule has 2 saturated carbocycles. The van der Waals surface area contributed by atoms with Gasteiger partial charge in [-0.05, 0) is 86.6 Å². The first kappa shape index (κ1) is 29.9. The summed E-state index contributed by atoms with van der Waals surface area (Å²) in [6, 6.07) is 20.6. The van der Waals surface area contributed by atoms with Gasteiger partial charge in [-0.25, -0.2) is 4.98 Å². The van der Waals surface area contributed by atoms with Crippen LogP contribution in [-0.2, 0) is 15.1 Å². The molecule has 42 heavy (non-hydrogen) atoms. The molecule has 2 aliphatic rings. The Labute approximate surface area is 249 Å². The predicted octanol–water partition coefficient (Wildman–Crippen LogP) is 6.26. The van der Waals surface area contributed by atoms with Crippen molar-refractivity contribution in [3.63, 3.8) is 0 Å². The predicted molar refractivity (Wildman–Crippen MR) is 168 cm³/mol. The third-order valence-corrected chi connectivity index (χ3v) is 9.11. The number of nitrogens with zero attached hydrogens (tertiary/aromatic N) is 2. The van der Waals surface area contributed by atoms with Crippen LogP contribution in [-0.4, -0.2) is 45.0 Å². The fraction of sp³-hybridized carbons (Fsp3) is 0.457. The van der Waals surface area contributed by atoms with E-state index >= 15 is 0 Å². The summed E-state index contributed by atoms with van der Waals surface area (Å²) in [4.78, 5) is 32.0. The molecule has 5 rings (SSSR count). The van der Waals surface area contributed by atoms with Crippen LogP contribution in [0.2, 0.25) is 0 Å². The number of carbonyl (C=O) groups is 2. The van der Waals surface area contributed by atoms with Crippen LogP contribution in [0.25, 0.3) is 22.3 Å². The van der Waals surface area contributed by atoms with Crippen molar-refractivity contribution in [2.45, 2.75) is 89.3 Å². The molecule has 0 bridgehead atoms. The van der Waals surface area contributed by atoms with Gasteiger partial charge >= 0.3 is 0 Å². The number of aliphatic hydroxyl groups is 1. The van der Waals surface area contributed by atoms with Crippen LogP contribution in [0, 0.1) is 5.92 Å². The molecular formula is C35H44N4O3. The third kappa shape index (κ3) is 6.58. The van der Waals surface area contributed by atoms with Crippen molar-refractivity contribution < 1.29 is 14.7 Å². The molecule has 2 fully saturated rings. The maximum atomic E-state index is 13.1. The second-order valence-corrected chi connectivity index (χ2v) is 12.5. The van der Waals surface area contributed by atoms with E-state index in [9.17, 15) is 14.7 Å². The van der Waals surface area contributed by atoms with Crippen LogP contribution < -0.4 is 11.1 Å². The van der Waals surface area contributed by atoms with E-state index in [-0.39, 0.29) is 17.9 Å². The molecule has 7 nitrogen and oxygen atoms in total. The largest absolute Gasteiger partial charge is 0.390 e. The summed E-state index contributed by atoms with van der Waals surface area (Å²) >= 11 is 0. The fourth-order valence-electron chi connectivity index (χ4n) is 7.06. The van der Waals surface area contributed by atoms with E-state index in [1.807, 2.05) is 68.3 Å². The number of anilines is 1. The summed E-state index contributed by atoms with van der Waals surface area (Å²) < 4.78 is 0. The van der Waals surface area contributed by atoms with E-state index in [0.717, 1.165) is 60.0 Å². The molecular weight excluding hydrogens is 524 g/mol. The van der Waals surface area contributed by atoms with Gasteiger partial charge < -0.3 is 21.1 Å². The lowest BCUT2D eigenvalue weighted by molar-refractivity contribution is -0.134. The molecule has 4 N–H and O–H groups in total. The van der Waals surface area contributed by atoms with Crippen LogP contribution in [0.1, 0.15) is 77.7 Å². The first-order valence-electron chi connectivity index (χ1n) is 15.4. The Kier molecular flexibility index (Phi) is 8.81. The van der Waals surface area contributed by atoms with E-state index in [1.54, 1.807) is 0 Å². The minimum atomic E-state index is -0.706. The first-order valence-corrected chi connectivity index (χ1v) is 15.4. The quantitative estimate of drug-likeness (QED) is 0.282. The van der Waals surface area contributed by atoms with Crippen LogP contribution >= 0.6 is 0 Å². The summed E-state index contributed by atoms with van der Waals surface area (Å²) in [7, 11) is 0. The molecule has 1 heterocycles. The second kappa shape index (κ2) is 12.4. The van der Waals surface area contributed by atoms with Crippen molar-refractivity contribution in [3.05, 3.63) is 72.4 Å². The highest BCUT2D eigenvalue weighted by Crippen LogP contribution is 2.46. The highest BCUT2D eigenvalue weighted by molar-refractivity contribution is 5.92. The molecule has 2 aromatic carbocycles. The van der Waals surface area contributed by atoms with E-state index in [0.29, 0.717) is 37.4 Å². The molecule has 7 heteroatoms. The second-order valence-electron chi connectivity index (χ2n) is 12.5. The number of hydrogen-bond donors (Lipinski definition) is 3. The van der Waals surface area contributed by atoms with Gasteiger partial charge in [0.05, 0.1) is 5.60 Å². The number of amides is 2. The van der Waals surface area contributed by atoms with Gasteiger partial charge in [0.2, 0.25) is 11.8 Å². The minimum Gasteiger partial charge on any atom is -0.390 e. The van der Waals surface area contributed by atoms with Gasteiger partial charge in [0.1, 0.15) is 5.82 Å². The van der Waals surface area contributed by atoms with E-state index < -0.39 is 11.1 Å². The number of aromatic nitrogens is 1. The van der Waals surface area contributed by atoms with Gasteiger partial charge in [-0.2, -0.15) is 0 Å². The van der Waals surface area contributed by atoms with Crippen LogP contribution in [0.15, 0.2) is 66.9 Å². The lowest BCUT2D eigenvalue weighted by Crippen LogP contribution is -2.58. The van der Waals surface area contributed by atoms with Crippen molar-refractivity contribution in [1.29, 1.82) is 0 Å². The number of nitrogens with one attached hydrogen (secondary N) is 1. The highest BCUT2D eigenvalue weighted by atomic mass is 16.3. The molecule has 0 atom stereocenters. The average Bonchev–Trinajstić information content (AvgIpc) is 2.97. The van der Waals surface area contributed by atoms with Gasteiger partial charge in [0.25, 0.3) is 0 Å². The summed E-state index contributed by atoms with van der Waals surface area (Å²) in [5, 5.41) is 13.3. The Hall–Kier alpha value is -3.55. The normalized spacial score (nSPS) is 25.4. The van der Waals surface area contributed by atoms with Crippen LogP contribution in [0.3, 0.4) is 0 Å². The van der Waals surface area contributed by atoms with Crippen molar-refractivity contribution in [2.75, 3.05) is 11.9 Å². The topological polar surface area (TPSA) is 109 Å². The third-order valence-electron chi connectivity index (χ3n) is 9.11. The molecule has 0 aliphatic heterocycles. The molecule has 0 radical (unpaired) electrons. The number of hydrogen-bond acceptors (Lipinski definition) is 5. The molecule has 3 aromatic rings. The van der Waals surface area contributed by atoms with Gasteiger partial charge in [-0.1, -0.05) is 61.5 Å². The Morgan fingerprint density at radius 3 is 2.21 bits per heavy atom. The molecule has 1 aromatic heterocycles. The summed E-state index contributed by atoms with van der Waals surface area (Å²) in [6.45, 7) is 6.53. The summed E-state index contributed by atoms with van der Waals surface area (Å²) in [5.41, 5.74) is 10.4. The zero-order valence-electron chi connectivity index (χ0n) is 25.1. The molecule has 2 aliphatic carbocycles. The SMILES string of the molecule is CCC(=O)N(CC)[C@H]1CC[C@H](CC(=O)Nc2cc(-c3ccccc3)c(-c3ccc([C@]4(N)C[C@](C)(O)C4)cc3)cn2)CC1. The zero-order valence-corrected chi connectivity index (χ0v) is 25.1. The molecule has 0 unspecified atom stereocenters. The number of rotatable bonds is 9. The minimum absolute atomic E-state index is 0.0244. The summed E-state index contributed by atoms with van der Waals surface area (Å²) in [6.07, 6.45) is 7.71. The number of carbonyl (C=O) groups excluding carboxylic acids is 2. The average molecular weight is 569 g/mol. The van der Waals surface area contributed by atoms with Crippen molar-refractivity contribution in [2.24, 2.45) is 11.7 Å². The highest BCUT2D eigenvalue weighted by Gasteiger charge is 2.49. The molecule has 0 saturated heterocycles. The lowest BCUT2D eigenvalue weighted by Gasteiger charge is -2.49. The van der Waals surface area contributed by atoms with Crippen LogP contribution in [0.5, 0.6) is 0 Å². The van der Waals surface area contributed by atoms with Gasteiger partial charge in [0.15, 0.2) is 0 Å². The summed E-state index contributed by atoms with van der Waals surface area (Å²) in [5.74, 6) is 1.04. The van der Waals surface area contributed by atoms with E-state index in [2.05, 4.69) is 34.6 Å². The Morgan fingerprint density at radius 2 is 1.62 bits per heavy atom. The number of benzene rings is 2. The van der Waals surface area contributed by atoms with Gasteiger partial charge in [0, 0.05) is 42.7 Å². The maximum absolute atomic E-state index is 13.1. The van der Waals surface area contributed by atoms with Crippen molar-refractivity contribution in [3.8, 4) is 22.3 Å². The van der Waals surface area contributed by atoms with Gasteiger partial charge in [-0.15, -0.1) is 0 Å². The standard InChI is InChI=1S/C35H44N4O3/c1-4-33(41)39(5-2)28-17-11-24(12-18-28)19-32(40)38-31-20-29(25-9-7-6-8-10-25)30(21-37-31)26-13-15-27(16-14-26)35(36)22-34(3,42)23-35/h6-10,13-16,20-21,24,28,42H,4-5,11-12,17-19,22-23,36H2,1-3H3,(H,37,38,40)/t24-,28-,34-,35-. The number of nitrogens with two attached hydrogens (primary N) is 1. The fourth-order valence-corrected chi connectivity index (χ4v) is 7.06. The Morgan fingerprint density at radius 1 is 0.976 bits per heavy atom. The molecule has 222 valence electrons. The monoisotopic (exact) mass is 568 g/mol. The van der Waals surface area contributed by atoms with E-state index in [4.69, 9.17) is 5.73 Å². The Balaban J connectivity index is 1.28. The molecule has 2 amide bonds. The lowest BCUT2D eigenvalue weighted by atomic mass is 9.63. The Bertz CT molecular complexity index is 1390.